The number of hydrogen-bond donors (Lipinski definition) is 1. The average Bonchev–Trinajstić information content (AvgIpc) is 2.46. The summed E-state index contributed by atoms with van der Waals surface area (Å²) in [5, 5.41) is 0. The van der Waals surface area contributed by atoms with E-state index in [4.69, 9.17) is 10.5 Å². The molecule has 1 atom stereocenters. The van der Waals surface area contributed by atoms with Crippen LogP contribution >= 0.6 is 0 Å². The fraction of sp³-hybridized carbons (Fsp3) is 0.250. The van der Waals surface area contributed by atoms with Crippen molar-refractivity contribution < 1.29 is 9.13 Å². The summed E-state index contributed by atoms with van der Waals surface area (Å²) in [4.78, 5) is 0. The summed E-state index contributed by atoms with van der Waals surface area (Å²) in [5.74, 6) is 0.967. The Bertz CT molecular complexity index is 597. The molecule has 0 amide bonds. The third-order valence-corrected chi connectivity index (χ3v) is 3.65. The van der Waals surface area contributed by atoms with E-state index in [0.29, 0.717) is 24.6 Å². The van der Waals surface area contributed by atoms with E-state index in [2.05, 4.69) is 0 Å². The summed E-state index contributed by atoms with van der Waals surface area (Å²) >= 11 is 0. The predicted octanol–water partition coefficient (Wildman–Crippen LogP) is 3.32. The largest absolute Gasteiger partial charge is 0.493 e. The van der Waals surface area contributed by atoms with E-state index in [1.165, 1.54) is 6.07 Å². The average molecular weight is 257 g/mol. The van der Waals surface area contributed by atoms with Crippen molar-refractivity contribution in [1.29, 1.82) is 0 Å². The van der Waals surface area contributed by atoms with E-state index in [1.54, 1.807) is 12.1 Å². The maximum Gasteiger partial charge on any atom is 0.131 e. The Hall–Kier alpha value is -1.87. The van der Waals surface area contributed by atoms with E-state index in [-0.39, 0.29) is 5.82 Å². The van der Waals surface area contributed by atoms with Crippen molar-refractivity contribution in [2.24, 2.45) is 5.73 Å². The maximum atomic E-state index is 13.8. The molecule has 19 heavy (non-hydrogen) atoms. The highest BCUT2D eigenvalue weighted by atomic mass is 19.1. The molecule has 98 valence electrons. The standard InChI is InChI=1S/C16H16FNO/c17-15-4-2-1-3-13(15)11-5-6-14-12(10-18)7-8-19-16(14)9-11/h1-6,9,12H,7-8,10,18H2. The summed E-state index contributed by atoms with van der Waals surface area (Å²) < 4.78 is 19.5. The highest BCUT2D eigenvalue weighted by Gasteiger charge is 2.20. The molecule has 2 aromatic carbocycles. The smallest absolute Gasteiger partial charge is 0.131 e. The molecule has 0 fully saturated rings. The quantitative estimate of drug-likeness (QED) is 0.895. The molecular formula is C16H16FNO. The number of rotatable bonds is 2. The Labute approximate surface area is 112 Å². The van der Waals surface area contributed by atoms with E-state index in [0.717, 1.165) is 23.3 Å². The topological polar surface area (TPSA) is 35.2 Å². The van der Waals surface area contributed by atoms with Gasteiger partial charge in [-0.25, -0.2) is 4.39 Å². The first-order valence-corrected chi connectivity index (χ1v) is 6.51. The Morgan fingerprint density at radius 3 is 2.84 bits per heavy atom. The molecule has 3 rings (SSSR count). The van der Waals surface area contributed by atoms with Crippen LogP contribution in [0.2, 0.25) is 0 Å². The SMILES string of the molecule is NCC1CCOc2cc(-c3ccccc3F)ccc21. The van der Waals surface area contributed by atoms with Crippen LogP contribution in [0.5, 0.6) is 5.75 Å². The molecule has 2 N–H and O–H groups in total. The molecule has 1 unspecified atom stereocenters. The molecule has 0 radical (unpaired) electrons. The lowest BCUT2D eigenvalue weighted by molar-refractivity contribution is 0.269. The number of nitrogens with two attached hydrogens (primary N) is 1. The van der Waals surface area contributed by atoms with E-state index < -0.39 is 0 Å². The molecular weight excluding hydrogens is 241 g/mol. The van der Waals surface area contributed by atoms with Gasteiger partial charge in [0.05, 0.1) is 6.61 Å². The van der Waals surface area contributed by atoms with Crippen molar-refractivity contribution in [3.8, 4) is 16.9 Å². The number of halogens is 1. The molecule has 2 nitrogen and oxygen atoms in total. The zero-order valence-corrected chi connectivity index (χ0v) is 10.6. The van der Waals surface area contributed by atoms with Crippen molar-refractivity contribution in [1.82, 2.24) is 0 Å². The molecule has 2 aromatic rings. The number of benzene rings is 2. The van der Waals surface area contributed by atoms with Gasteiger partial charge in [-0.3, -0.25) is 0 Å². The normalized spacial score (nSPS) is 17.7. The lowest BCUT2D eigenvalue weighted by Crippen LogP contribution is -2.20. The summed E-state index contributed by atoms with van der Waals surface area (Å²) in [6, 6.07) is 12.6. The highest BCUT2D eigenvalue weighted by molar-refractivity contribution is 5.67. The first-order valence-electron chi connectivity index (χ1n) is 6.51. The molecule has 0 aromatic heterocycles. The van der Waals surface area contributed by atoms with Crippen LogP contribution < -0.4 is 10.5 Å². The predicted molar refractivity (Wildman–Crippen MR) is 73.7 cm³/mol. The van der Waals surface area contributed by atoms with Gasteiger partial charge < -0.3 is 10.5 Å². The first-order chi connectivity index (χ1) is 9.29. The molecule has 3 heteroatoms. The molecule has 1 aliphatic rings. The van der Waals surface area contributed by atoms with Gasteiger partial charge in [-0.15, -0.1) is 0 Å². The van der Waals surface area contributed by atoms with Gasteiger partial charge in [-0.05, 0) is 36.2 Å². The summed E-state index contributed by atoms with van der Waals surface area (Å²) in [6.07, 6.45) is 0.947. The van der Waals surface area contributed by atoms with Gasteiger partial charge in [0, 0.05) is 11.5 Å². The summed E-state index contributed by atoms with van der Waals surface area (Å²) in [6.45, 7) is 1.30. The van der Waals surface area contributed by atoms with Crippen LogP contribution in [0.15, 0.2) is 42.5 Å². The zero-order valence-electron chi connectivity index (χ0n) is 10.6. The van der Waals surface area contributed by atoms with Crippen molar-refractivity contribution in [2.75, 3.05) is 13.2 Å². The van der Waals surface area contributed by atoms with Gasteiger partial charge in [0.2, 0.25) is 0 Å². The Balaban J connectivity index is 2.05. The molecule has 1 aliphatic heterocycles. The van der Waals surface area contributed by atoms with Crippen LogP contribution in [0.1, 0.15) is 17.9 Å². The minimum atomic E-state index is -0.214. The second-order valence-corrected chi connectivity index (χ2v) is 4.80. The monoisotopic (exact) mass is 257 g/mol. The van der Waals surface area contributed by atoms with Gasteiger partial charge in [-0.2, -0.15) is 0 Å². The van der Waals surface area contributed by atoms with E-state index in [9.17, 15) is 4.39 Å². The number of hydrogen-bond acceptors (Lipinski definition) is 2. The Morgan fingerprint density at radius 1 is 1.21 bits per heavy atom. The van der Waals surface area contributed by atoms with Gasteiger partial charge in [-0.1, -0.05) is 30.3 Å². The molecule has 0 bridgehead atoms. The molecule has 1 heterocycles. The minimum Gasteiger partial charge on any atom is -0.493 e. The second kappa shape index (κ2) is 5.02. The van der Waals surface area contributed by atoms with Gasteiger partial charge >= 0.3 is 0 Å². The second-order valence-electron chi connectivity index (χ2n) is 4.80. The van der Waals surface area contributed by atoms with Crippen molar-refractivity contribution >= 4 is 0 Å². The molecule has 0 spiro atoms. The van der Waals surface area contributed by atoms with Crippen LogP contribution in [-0.2, 0) is 0 Å². The molecule has 0 aliphatic carbocycles. The maximum absolute atomic E-state index is 13.8. The fourth-order valence-electron chi connectivity index (χ4n) is 2.57. The third-order valence-electron chi connectivity index (χ3n) is 3.65. The van der Waals surface area contributed by atoms with E-state index in [1.807, 2.05) is 24.3 Å². The fourth-order valence-corrected chi connectivity index (χ4v) is 2.57. The lowest BCUT2D eigenvalue weighted by Gasteiger charge is -2.25. The van der Waals surface area contributed by atoms with E-state index >= 15 is 0 Å². The number of ether oxygens (including phenoxy) is 1. The van der Waals surface area contributed by atoms with Crippen molar-refractivity contribution in [3.05, 3.63) is 53.8 Å². The molecule has 0 saturated carbocycles. The third kappa shape index (κ3) is 2.22. The summed E-state index contributed by atoms with van der Waals surface area (Å²) in [5.41, 5.74) is 8.35. The first kappa shape index (κ1) is 12.2. The zero-order chi connectivity index (χ0) is 13.2. The van der Waals surface area contributed by atoms with Crippen LogP contribution in [0.4, 0.5) is 4.39 Å². The number of fused-ring (bicyclic) bond motifs is 1. The lowest BCUT2D eigenvalue weighted by atomic mass is 9.91. The van der Waals surface area contributed by atoms with Crippen LogP contribution in [0.25, 0.3) is 11.1 Å². The van der Waals surface area contributed by atoms with Crippen LogP contribution in [0, 0.1) is 5.82 Å². The minimum absolute atomic E-state index is 0.214. The Kier molecular flexibility index (Phi) is 3.22. The van der Waals surface area contributed by atoms with Crippen molar-refractivity contribution in [3.63, 3.8) is 0 Å². The Morgan fingerprint density at radius 2 is 2.05 bits per heavy atom. The highest BCUT2D eigenvalue weighted by Crippen LogP contribution is 2.36. The molecule has 0 saturated heterocycles. The van der Waals surface area contributed by atoms with Crippen molar-refractivity contribution in [2.45, 2.75) is 12.3 Å². The van der Waals surface area contributed by atoms with Crippen LogP contribution in [0.3, 0.4) is 0 Å². The van der Waals surface area contributed by atoms with Gasteiger partial charge in [0.15, 0.2) is 0 Å². The van der Waals surface area contributed by atoms with Crippen LogP contribution in [-0.4, -0.2) is 13.2 Å². The summed E-state index contributed by atoms with van der Waals surface area (Å²) in [7, 11) is 0. The van der Waals surface area contributed by atoms with Gasteiger partial charge in [0.25, 0.3) is 0 Å². The van der Waals surface area contributed by atoms with Gasteiger partial charge in [0.1, 0.15) is 11.6 Å².